The summed E-state index contributed by atoms with van der Waals surface area (Å²) in [6.45, 7) is 0.100. The minimum Gasteiger partial charge on any atom is -0.493 e. The van der Waals surface area contributed by atoms with E-state index in [0.717, 1.165) is 0 Å². The van der Waals surface area contributed by atoms with E-state index in [1.807, 2.05) is 0 Å². The SMILES string of the molecule is O=C(CCOc1ccc([N+](=O)[O-])cc1)Nc1ccc(SC(F)F)cc1. The molecule has 25 heavy (non-hydrogen) atoms. The number of anilines is 1. The van der Waals surface area contributed by atoms with E-state index >= 15 is 0 Å². The van der Waals surface area contributed by atoms with Crippen molar-refractivity contribution in [2.75, 3.05) is 11.9 Å². The van der Waals surface area contributed by atoms with Gasteiger partial charge in [0.05, 0.1) is 18.0 Å². The monoisotopic (exact) mass is 368 g/mol. The van der Waals surface area contributed by atoms with Crippen LogP contribution in [0, 0.1) is 10.1 Å². The minimum absolute atomic E-state index is 0.0430. The predicted octanol–water partition coefficient (Wildman–Crippen LogP) is 4.32. The average molecular weight is 368 g/mol. The second kappa shape index (κ2) is 8.97. The Bertz CT molecular complexity index is 724. The fourth-order valence-corrected chi connectivity index (χ4v) is 2.37. The molecule has 0 saturated heterocycles. The first-order valence-corrected chi connectivity index (χ1v) is 8.04. The van der Waals surface area contributed by atoms with Crippen LogP contribution in [0.15, 0.2) is 53.4 Å². The van der Waals surface area contributed by atoms with Crippen LogP contribution >= 0.6 is 11.8 Å². The van der Waals surface area contributed by atoms with Gasteiger partial charge in [0, 0.05) is 22.7 Å². The standard InChI is InChI=1S/C16H14F2N2O4S/c17-16(18)25-14-7-1-11(2-8-14)19-15(21)9-10-24-13-5-3-12(4-6-13)20(22)23/h1-8,16H,9-10H2,(H,19,21). The molecule has 6 nitrogen and oxygen atoms in total. The molecule has 1 amide bonds. The number of nitro groups is 1. The second-order valence-electron chi connectivity index (χ2n) is 4.80. The lowest BCUT2D eigenvalue weighted by Gasteiger charge is -2.08. The summed E-state index contributed by atoms with van der Waals surface area (Å²) in [5, 5.41) is 13.2. The smallest absolute Gasteiger partial charge is 0.288 e. The number of rotatable bonds is 8. The highest BCUT2D eigenvalue weighted by atomic mass is 32.2. The molecule has 0 aliphatic rings. The molecule has 0 bridgehead atoms. The third-order valence-electron chi connectivity index (χ3n) is 3.01. The van der Waals surface area contributed by atoms with Crippen molar-refractivity contribution in [3.05, 3.63) is 58.6 Å². The van der Waals surface area contributed by atoms with Crippen LogP contribution in [0.2, 0.25) is 0 Å². The van der Waals surface area contributed by atoms with Crippen molar-refractivity contribution in [2.24, 2.45) is 0 Å². The Hall–Kier alpha value is -2.68. The molecular formula is C16H14F2N2O4S. The minimum atomic E-state index is -2.49. The van der Waals surface area contributed by atoms with Gasteiger partial charge in [0.15, 0.2) is 0 Å². The van der Waals surface area contributed by atoms with E-state index in [2.05, 4.69) is 5.32 Å². The number of carbonyl (C=O) groups excluding carboxylic acids is 1. The van der Waals surface area contributed by atoms with Gasteiger partial charge in [-0.05, 0) is 36.4 Å². The zero-order valence-corrected chi connectivity index (χ0v) is 13.7. The van der Waals surface area contributed by atoms with Gasteiger partial charge in [-0.1, -0.05) is 11.8 Å². The number of nitrogens with zero attached hydrogens (tertiary/aromatic N) is 1. The molecule has 9 heteroatoms. The number of amides is 1. The number of nitro benzene ring substituents is 1. The molecule has 2 rings (SSSR count). The highest BCUT2D eigenvalue weighted by Crippen LogP contribution is 2.26. The molecule has 0 aromatic heterocycles. The van der Waals surface area contributed by atoms with Crippen LogP contribution in [0.1, 0.15) is 6.42 Å². The molecule has 0 unspecified atom stereocenters. The summed E-state index contributed by atoms with van der Waals surface area (Å²) in [6, 6.07) is 11.6. The Morgan fingerprint density at radius 1 is 1.16 bits per heavy atom. The number of nitrogens with one attached hydrogen (secondary N) is 1. The normalized spacial score (nSPS) is 10.5. The number of alkyl halides is 2. The van der Waals surface area contributed by atoms with Gasteiger partial charge < -0.3 is 10.1 Å². The molecule has 0 heterocycles. The van der Waals surface area contributed by atoms with Gasteiger partial charge in [-0.15, -0.1) is 0 Å². The maximum atomic E-state index is 12.2. The van der Waals surface area contributed by atoms with Crippen LogP contribution in [0.3, 0.4) is 0 Å². The summed E-state index contributed by atoms with van der Waals surface area (Å²) >= 11 is 0.432. The van der Waals surface area contributed by atoms with Crippen LogP contribution in [0.25, 0.3) is 0 Å². The van der Waals surface area contributed by atoms with E-state index in [1.54, 1.807) is 12.1 Å². The molecule has 0 aliphatic carbocycles. The van der Waals surface area contributed by atoms with Crippen LogP contribution in [-0.4, -0.2) is 23.2 Å². The Labute approximate surface area is 146 Å². The maximum absolute atomic E-state index is 12.2. The number of thioether (sulfide) groups is 1. The molecule has 2 aromatic rings. The molecule has 0 radical (unpaired) electrons. The van der Waals surface area contributed by atoms with Gasteiger partial charge in [0.1, 0.15) is 5.75 Å². The number of halogens is 2. The van der Waals surface area contributed by atoms with Crippen molar-refractivity contribution >= 4 is 29.0 Å². The summed E-state index contributed by atoms with van der Waals surface area (Å²) in [7, 11) is 0. The van der Waals surface area contributed by atoms with Crippen LogP contribution in [-0.2, 0) is 4.79 Å². The largest absolute Gasteiger partial charge is 0.493 e. The van der Waals surface area contributed by atoms with Crippen LogP contribution < -0.4 is 10.1 Å². The van der Waals surface area contributed by atoms with Crippen molar-refractivity contribution in [2.45, 2.75) is 17.1 Å². The Balaban J connectivity index is 1.75. The molecule has 0 fully saturated rings. The number of hydrogen-bond donors (Lipinski definition) is 1. The van der Waals surface area contributed by atoms with Gasteiger partial charge in [-0.25, -0.2) is 0 Å². The van der Waals surface area contributed by atoms with Crippen molar-refractivity contribution in [1.82, 2.24) is 0 Å². The number of ether oxygens (including phenoxy) is 1. The molecule has 0 aliphatic heterocycles. The molecule has 0 spiro atoms. The van der Waals surface area contributed by atoms with Gasteiger partial charge in [0.2, 0.25) is 5.91 Å². The Morgan fingerprint density at radius 3 is 2.36 bits per heavy atom. The highest BCUT2D eigenvalue weighted by Gasteiger charge is 2.07. The van der Waals surface area contributed by atoms with Crippen LogP contribution in [0.5, 0.6) is 5.75 Å². The molecule has 132 valence electrons. The Kier molecular flexibility index (Phi) is 6.70. The fourth-order valence-electron chi connectivity index (χ4n) is 1.87. The van der Waals surface area contributed by atoms with Gasteiger partial charge >= 0.3 is 0 Å². The summed E-state index contributed by atoms with van der Waals surface area (Å²) in [5.74, 6) is -2.36. The lowest BCUT2D eigenvalue weighted by atomic mass is 10.3. The fraction of sp³-hybridized carbons (Fsp3) is 0.188. The van der Waals surface area contributed by atoms with Gasteiger partial charge in [-0.3, -0.25) is 14.9 Å². The first-order valence-electron chi connectivity index (χ1n) is 7.16. The van der Waals surface area contributed by atoms with Crippen molar-refractivity contribution in [3.63, 3.8) is 0 Å². The highest BCUT2D eigenvalue weighted by molar-refractivity contribution is 7.99. The topological polar surface area (TPSA) is 81.5 Å². The van der Waals surface area contributed by atoms with Crippen LogP contribution in [0.4, 0.5) is 20.2 Å². The summed E-state index contributed by atoms with van der Waals surface area (Å²) < 4.78 is 29.8. The van der Waals surface area contributed by atoms with E-state index in [4.69, 9.17) is 4.74 Å². The van der Waals surface area contributed by atoms with E-state index in [1.165, 1.54) is 36.4 Å². The Morgan fingerprint density at radius 2 is 1.80 bits per heavy atom. The predicted molar refractivity (Wildman–Crippen MR) is 90.1 cm³/mol. The molecular weight excluding hydrogens is 354 g/mol. The summed E-state index contributed by atoms with van der Waals surface area (Å²) in [4.78, 5) is 22.2. The van der Waals surface area contributed by atoms with E-state index < -0.39 is 10.7 Å². The molecule has 0 atom stereocenters. The van der Waals surface area contributed by atoms with Crippen molar-refractivity contribution in [1.29, 1.82) is 0 Å². The zero-order valence-electron chi connectivity index (χ0n) is 12.9. The number of hydrogen-bond acceptors (Lipinski definition) is 5. The zero-order chi connectivity index (χ0) is 18.2. The van der Waals surface area contributed by atoms with E-state index in [-0.39, 0.29) is 24.6 Å². The quantitative estimate of drug-likeness (QED) is 0.426. The summed E-state index contributed by atoms with van der Waals surface area (Å²) in [5.41, 5.74) is 0.456. The first kappa shape index (κ1) is 18.7. The number of non-ortho nitro benzene ring substituents is 1. The van der Waals surface area contributed by atoms with Crippen molar-refractivity contribution < 1.29 is 23.2 Å². The summed E-state index contributed by atoms with van der Waals surface area (Å²) in [6.07, 6.45) is 0.0739. The van der Waals surface area contributed by atoms with E-state index in [0.29, 0.717) is 28.1 Å². The third kappa shape index (κ3) is 6.38. The molecule has 1 N–H and O–H groups in total. The van der Waals surface area contributed by atoms with E-state index in [9.17, 15) is 23.7 Å². The third-order valence-corrected chi connectivity index (χ3v) is 3.73. The number of carbonyl (C=O) groups is 1. The number of benzene rings is 2. The van der Waals surface area contributed by atoms with Crippen molar-refractivity contribution in [3.8, 4) is 5.75 Å². The molecule has 2 aromatic carbocycles. The van der Waals surface area contributed by atoms with Gasteiger partial charge in [-0.2, -0.15) is 8.78 Å². The lowest BCUT2D eigenvalue weighted by Crippen LogP contribution is -2.15. The second-order valence-corrected chi connectivity index (χ2v) is 5.86. The molecule has 0 saturated carbocycles. The average Bonchev–Trinajstić information content (AvgIpc) is 2.56. The lowest BCUT2D eigenvalue weighted by molar-refractivity contribution is -0.384. The first-order chi connectivity index (χ1) is 11.9. The van der Waals surface area contributed by atoms with Gasteiger partial charge in [0.25, 0.3) is 11.4 Å². The maximum Gasteiger partial charge on any atom is 0.288 e.